The smallest absolute Gasteiger partial charge is 0.409 e. The second-order valence-electron chi connectivity index (χ2n) is 6.46. The van der Waals surface area contributed by atoms with Crippen molar-refractivity contribution in [3.63, 3.8) is 0 Å². The topological polar surface area (TPSA) is 85.4 Å². The Kier molecular flexibility index (Phi) is 4.44. The number of carbonyl (C=O) groups excluding carboxylic acids is 1. The molecule has 0 unspecified atom stereocenters. The van der Waals surface area contributed by atoms with Crippen LogP contribution >= 0.6 is 0 Å². The number of benzene rings is 1. The van der Waals surface area contributed by atoms with Crippen molar-refractivity contribution in [1.82, 2.24) is 9.21 Å². The number of hydrogen-bond donors (Lipinski definition) is 0. The van der Waals surface area contributed by atoms with Gasteiger partial charge in [0.25, 0.3) is 0 Å². The first-order chi connectivity index (χ1) is 12.5. The van der Waals surface area contributed by atoms with Gasteiger partial charge in [0.15, 0.2) is 0 Å². The van der Waals surface area contributed by atoms with Crippen molar-refractivity contribution in [2.45, 2.75) is 24.7 Å². The van der Waals surface area contributed by atoms with Gasteiger partial charge in [-0.1, -0.05) is 0 Å². The Bertz CT molecular complexity index is 798. The summed E-state index contributed by atoms with van der Waals surface area (Å²) in [5.41, 5.74) is 1.59. The molecule has 3 heterocycles. The van der Waals surface area contributed by atoms with Crippen molar-refractivity contribution in [1.29, 1.82) is 0 Å². The monoisotopic (exact) mass is 382 g/mol. The van der Waals surface area contributed by atoms with Crippen LogP contribution in [-0.4, -0.2) is 69.7 Å². The molecule has 0 aromatic heterocycles. The molecule has 8 nitrogen and oxygen atoms in total. The van der Waals surface area contributed by atoms with Crippen LogP contribution in [0.4, 0.5) is 4.79 Å². The van der Waals surface area contributed by atoms with Gasteiger partial charge in [0.1, 0.15) is 16.4 Å². The minimum absolute atomic E-state index is 0.237. The Labute approximate surface area is 152 Å². The summed E-state index contributed by atoms with van der Waals surface area (Å²) in [6.45, 7) is 4.11. The molecule has 4 rings (SSSR count). The molecule has 0 bridgehead atoms. The zero-order chi connectivity index (χ0) is 18.3. The van der Waals surface area contributed by atoms with E-state index in [1.54, 1.807) is 6.92 Å². The summed E-state index contributed by atoms with van der Waals surface area (Å²) in [6, 6.07) is 1.91. The lowest BCUT2D eigenvalue weighted by molar-refractivity contribution is 0.0933. The van der Waals surface area contributed by atoms with E-state index in [9.17, 15) is 13.2 Å². The molecular formula is C17H22N2O6S. The Morgan fingerprint density at radius 2 is 1.88 bits per heavy atom. The van der Waals surface area contributed by atoms with Crippen LogP contribution in [0, 0.1) is 0 Å². The molecule has 0 saturated carbocycles. The SMILES string of the molecule is CCOC(=O)N1CCN(S(=O)(=O)c2c3c(cc4c2OCC4)OCC3)CC1. The summed E-state index contributed by atoms with van der Waals surface area (Å²) < 4.78 is 44.4. The van der Waals surface area contributed by atoms with Crippen LogP contribution in [-0.2, 0) is 27.6 Å². The molecule has 0 spiro atoms. The van der Waals surface area contributed by atoms with Gasteiger partial charge >= 0.3 is 6.09 Å². The highest BCUT2D eigenvalue weighted by atomic mass is 32.2. The number of piperazine rings is 1. The summed E-state index contributed by atoms with van der Waals surface area (Å²) in [6.07, 6.45) is 0.844. The van der Waals surface area contributed by atoms with E-state index in [4.69, 9.17) is 14.2 Å². The highest BCUT2D eigenvalue weighted by Crippen LogP contribution is 2.44. The van der Waals surface area contributed by atoms with Crippen molar-refractivity contribution in [2.75, 3.05) is 46.0 Å². The van der Waals surface area contributed by atoms with Crippen molar-refractivity contribution in [2.24, 2.45) is 0 Å². The lowest BCUT2D eigenvalue weighted by Crippen LogP contribution is -2.50. The van der Waals surface area contributed by atoms with Gasteiger partial charge < -0.3 is 19.1 Å². The fourth-order valence-corrected chi connectivity index (χ4v) is 5.51. The number of sulfonamides is 1. The van der Waals surface area contributed by atoms with Crippen molar-refractivity contribution < 1.29 is 27.4 Å². The third-order valence-electron chi connectivity index (χ3n) is 4.96. The van der Waals surface area contributed by atoms with Gasteiger partial charge in [-0.25, -0.2) is 13.2 Å². The van der Waals surface area contributed by atoms with Crippen LogP contribution in [0.3, 0.4) is 0 Å². The van der Waals surface area contributed by atoms with E-state index in [1.807, 2.05) is 6.07 Å². The maximum Gasteiger partial charge on any atom is 0.409 e. The van der Waals surface area contributed by atoms with Gasteiger partial charge in [0.05, 0.1) is 19.8 Å². The zero-order valence-corrected chi connectivity index (χ0v) is 15.5. The first kappa shape index (κ1) is 17.4. The molecule has 142 valence electrons. The lowest BCUT2D eigenvalue weighted by Gasteiger charge is -2.33. The molecule has 0 aliphatic carbocycles. The summed E-state index contributed by atoms with van der Waals surface area (Å²) in [4.78, 5) is 13.6. The predicted octanol–water partition coefficient (Wildman–Crippen LogP) is 1.02. The average Bonchev–Trinajstić information content (AvgIpc) is 3.28. The Morgan fingerprint density at radius 3 is 2.62 bits per heavy atom. The fourth-order valence-electron chi connectivity index (χ4n) is 3.67. The third kappa shape index (κ3) is 2.79. The lowest BCUT2D eigenvalue weighted by atomic mass is 10.1. The maximum absolute atomic E-state index is 13.4. The third-order valence-corrected chi connectivity index (χ3v) is 6.96. The quantitative estimate of drug-likeness (QED) is 0.776. The van der Waals surface area contributed by atoms with E-state index in [0.717, 1.165) is 5.56 Å². The van der Waals surface area contributed by atoms with E-state index in [2.05, 4.69) is 0 Å². The van der Waals surface area contributed by atoms with Crippen LogP contribution in [0.2, 0.25) is 0 Å². The molecule has 1 aromatic carbocycles. The summed E-state index contributed by atoms with van der Waals surface area (Å²) in [5, 5.41) is 0. The molecule has 0 radical (unpaired) electrons. The molecule has 1 saturated heterocycles. The number of nitrogens with zero attached hydrogens (tertiary/aromatic N) is 2. The molecule has 1 amide bonds. The number of carbonyl (C=O) groups is 1. The summed E-state index contributed by atoms with van der Waals surface area (Å²) in [5.74, 6) is 1.13. The molecule has 0 atom stereocenters. The van der Waals surface area contributed by atoms with Crippen LogP contribution in [0.15, 0.2) is 11.0 Å². The maximum atomic E-state index is 13.4. The number of hydrogen-bond acceptors (Lipinski definition) is 6. The summed E-state index contributed by atoms with van der Waals surface area (Å²) in [7, 11) is -3.72. The molecule has 1 fully saturated rings. The summed E-state index contributed by atoms with van der Waals surface area (Å²) >= 11 is 0. The van der Waals surface area contributed by atoms with Crippen LogP contribution in [0.1, 0.15) is 18.1 Å². The molecular weight excluding hydrogens is 360 g/mol. The molecule has 0 N–H and O–H groups in total. The second-order valence-corrected chi connectivity index (χ2v) is 8.33. The van der Waals surface area contributed by atoms with Gasteiger partial charge in [-0.05, 0) is 13.0 Å². The largest absolute Gasteiger partial charge is 0.493 e. The van der Waals surface area contributed by atoms with Gasteiger partial charge in [-0.3, -0.25) is 0 Å². The van der Waals surface area contributed by atoms with Crippen molar-refractivity contribution in [3.8, 4) is 11.5 Å². The molecule has 26 heavy (non-hydrogen) atoms. The molecule has 1 aromatic rings. The molecule has 3 aliphatic rings. The first-order valence-electron chi connectivity index (χ1n) is 8.88. The second kappa shape index (κ2) is 6.62. The van der Waals surface area contributed by atoms with E-state index >= 15 is 0 Å². The van der Waals surface area contributed by atoms with Crippen LogP contribution in [0.25, 0.3) is 0 Å². The highest BCUT2D eigenvalue weighted by molar-refractivity contribution is 7.89. The fraction of sp³-hybridized carbons (Fsp3) is 0.588. The molecule has 3 aliphatic heterocycles. The van der Waals surface area contributed by atoms with E-state index in [1.165, 1.54) is 9.21 Å². The normalized spacial score (nSPS) is 19.5. The molecule has 9 heteroatoms. The van der Waals surface area contributed by atoms with Crippen molar-refractivity contribution >= 4 is 16.1 Å². The Balaban J connectivity index is 1.62. The first-order valence-corrected chi connectivity index (χ1v) is 10.3. The number of ether oxygens (including phenoxy) is 3. The van der Waals surface area contributed by atoms with Crippen molar-refractivity contribution in [3.05, 3.63) is 17.2 Å². The van der Waals surface area contributed by atoms with Gasteiger partial charge in [0, 0.05) is 50.1 Å². The number of fused-ring (bicyclic) bond motifs is 2. The number of rotatable bonds is 3. The standard InChI is InChI=1S/C17H22N2O6S/c1-2-23-17(20)18-5-7-19(8-6-18)26(21,22)16-13-4-10-24-14(13)11-12-3-9-25-15(12)16/h11H,2-10H2,1H3. The predicted molar refractivity (Wildman–Crippen MR) is 92.2 cm³/mol. The van der Waals surface area contributed by atoms with E-state index in [0.29, 0.717) is 62.8 Å². The zero-order valence-electron chi connectivity index (χ0n) is 14.7. The number of amides is 1. The van der Waals surface area contributed by atoms with Gasteiger partial charge in [0.2, 0.25) is 10.0 Å². The minimum Gasteiger partial charge on any atom is -0.493 e. The van der Waals surface area contributed by atoms with Gasteiger partial charge in [-0.15, -0.1) is 0 Å². The Hall–Kier alpha value is -2.00. The average molecular weight is 382 g/mol. The Morgan fingerprint density at radius 1 is 1.15 bits per heavy atom. The minimum atomic E-state index is -3.72. The van der Waals surface area contributed by atoms with E-state index in [-0.39, 0.29) is 18.0 Å². The van der Waals surface area contributed by atoms with Crippen LogP contribution in [0.5, 0.6) is 11.5 Å². The van der Waals surface area contributed by atoms with Crippen LogP contribution < -0.4 is 9.47 Å². The highest BCUT2D eigenvalue weighted by Gasteiger charge is 2.38. The van der Waals surface area contributed by atoms with Gasteiger partial charge in [-0.2, -0.15) is 4.31 Å². The van der Waals surface area contributed by atoms with E-state index < -0.39 is 16.1 Å².